The molecule has 174 valence electrons. The first-order valence-electron chi connectivity index (χ1n) is 12.5. The van der Waals surface area contributed by atoms with Gasteiger partial charge in [0.05, 0.1) is 0 Å². The molecule has 1 aliphatic heterocycles. The summed E-state index contributed by atoms with van der Waals surface area (Å²) in [5.41, 5.74) is 4.18. The van der Waals surface area contributed by atoms with Crippen LogP contribution in [0.5, 0.6) is 5.75 Å². The van der Waals surface area contributed by atoms with Gasteiger partial charge in [-0.25, -0.2) is 0 Å². The van der Waals surface area contributed by atoms with Crippen molar-refractivity contribution in [2.75, 3.05) is 26.2 Å². The number of hydrogen-bond acceptors (Lipinski definition) is 3. The van der Waals surface area contributed by atoms with Crippen molar-refractivity contribution >= 4 is 16.8 Å². The van der Waals surface area contributed by atoms with Crippen molar-refractivity contribution in [1.82, 2.24) is 14.8 Å². The number of aromatic nitrogens is 1. The third-order valence-corrected chi connectivity index (χ3v) is 7.61. The maximum Gasteiger partial charge on any atom is 0.270 e. The van der Waals surface area contributed by atoms with Gasteiger partial charge in [0.15, 0.2) is 0 Å². The predicted molar refractivity (Wildman–Crippen MR) is 133 cm³/mol. The summed E-state index contributed by atoms with van der Waals surface area (Å²) >= 11 is 0. The Balaban J connectivity index is 1.19. The largest absolute Gasteiger partial charge is 0.508 e. The number of carbonyl (C=O) groups is 1. The van der Waals surface area contributed by atoms with Crippen molar-refractivity contribution < 1.29 is 9.90 Å². The molecule has 1 amide bonds. The van der Waals surface area contributed by atoms with Crippen molar-refractivity contribution in [3.8, 4) is 5.75 Å². The van der Waals surface area contributed by atoms with Crippen LogP contribution in [-0.2, 0) is 12.8 Å². The number of para-hydroxylation sites is 1. The molecule has 2 aromatic carbocycles. The minimum atomic E-state index is 0.124. The van der Waals surface area contributed by atoms with Crippen molar-refractivity contribution in [3.05, 3.63) is 65.4 Å². The van der Waals surface area contributed by atoms with Crippen molar-refractivity contribution in [2.24, 2.45) is 5.92 Å². The summed E-state index contributed by atoms with van der Waals surface area (Å²) < 4.78 is 0. The highest BCUT2D eigenvalue weighted by Crippen LogP contribution is 2.32. The fraction of sp³-hybridized carbons (Fsp3) is 0.464. The van der Waals surface area contributed by atoms with Crippen molar-refractivity contribution in [1.29, 1.82) is 0 Å². The third kappa shape index (κ3) is 4.65. The molecule has 1 aliphatic carbocycles. The van der Waals surface area contributed by atoms with Gasteiger partial charge in [0, 0.05) is 36.6 Å². The van der Waals surface area contributed by atoms with Gasteiger partial charge in [-0.1, -0.05) is 37.3 Å². The first-order chi connectivity index (χ1) is 16.1. The van der Waals surface area contributed by atoms with E-state index in [0.717, 1.165) is 81.2 Å². The van der Waals surface area contributed by atoms with E-state index >= 15 is 0 Å². The topological polar surface area (TPSA) is 59.6 Å². The number of nitrogens with zero attached hydrogens (tertiary/aromatic N) is 2. The fourth-order valence-corrected chi connectivity index (χ4v) is 5.80. The lowest BCUT2D eigenvalue weighted by molar-refractivity contribution is 0.0637. The molecule has 2 N–H and O–H groups in total. The lowest BCUT2D eigenvalue weighted by Crippen LogP contribution is -2.46. The molecule has 2 heterocycles. The second-order valence-electron chi connectivity index (χ2n) is 9.81. The highest BCUT2D eigenvalue weighted by molar-refractivity contribution is 5.98. The molecule has 1 fully saturated rings. The quantitative estimate of drug-likeness (QED) is 0.562. The van der Waals surface area contributed by atoms with Crippen molar-refractivity contribution in [2.45, 2.75) is 51.5 Å². The summed E-state index contributed by atoms with van der Waals surface area (Å²) in [5.74, 6) is 1.22. The number of carbonyl (C=O) groups excluding carboxylic acids is 1. The molecular weight excluding hydrogens is 410 g/mol. The summed E-state index contributed by atoms with van der Waals surface area (Å²) in [6.45, 7) is 6.16. The van der Waals surface area contributed by atoms with Gasteiger partial charge >= 0.3 is 0 Å². The summed E-state index contributed by atoms with van der Waals surface area (Å²) in [6, 6.07) is 16.6. The number of fused-ring (bicyclic) bond motifs is 2. The second kappa shape index (κ2) is 9.60. The maximum atomic E-state index is 13.1. The number of rotatable bonds is 6. The standard InChI is InChI=1S/C28H35N3O2/c1-2-14-31(23-10-11-24-21(17-23)7-5-9-27(24)32)19-20-12-15-30(16-13-20)28(33)26-18-22-6-3-4-8-25(22)29-26/h3-9,18,20,23,29,32H,2,10-17,19H2,1H3. The molecule has 0 saturated carbocycles. The average molecular weight is 446 g/mol. The van der Waals surface area contributed by atoms with Crippen LogP contribution in [0.4, 0.5) is 0 Å². The highest BCUT2D eigenvalue weighted by Gasteiger charge is 2.30. The molecule has 33 heavy (non-hydrogen) atoms. The maximum absolute atomic E-state index is 13.1. The first kappa shape index (κ1) is 22.0. The molecule has 5 rings (SSSR count). The summed E-state index contributed by atoms with van der Waals surface area (Å²) in [4.78, 5) is 21.1. The van der Waals surface area contributed by atoms with Crippen LogP contribution in [0.25, 0.3) is 10.9 Å². The van der Waals surface area contributed by atoms with E-state index in [-0.39, 0.29) is 5.91 Å². The van der Waals surface area contributed by atoms with Crippen LogP contribution < -0.4 is 0 Å². The number of phenolic OH excluding ortho intramolecular Hbond substituents is 1. The zero-order valence-corrected chi connectivity index (χ0v) is 19.6. The van der Waals surface area contributed by atoms with E-state index in [4.69, 9.17) is 0 Å². The lowest BCUT2D eigenvalue weighted by atomic mass is 9.86. The molecule has 5 nitrogen and oxygen atoms in total. The number of hydrogen-bond donors (Lipinski definition) is 2. The lowest BCUT2D eigenvalue weighted by Gasteiger charge is -2.39. The molecule has 0 radical (unpaired) electrons. The monoisotopic (exact) mass is 445 g/mol. The third-order valence-electron chi connectivity index (χ3n) is 7.61. The molecular formula is C28H35N3O2. The van der Waals surface area contributed by atoms with Gasteiger partial charge in [0.25, 0.3) is 5.91 Å². The van der Waals surface area contributed by atoms with E-state index in [0.29, 0.717) is 23.4 Å². The number of aromatic amines is 1. The van der Waals surface area contributed by atoms with Crippen LogP contribution in [0.1, 0.15) is 54.2 Å². The molecule has 1 atom stereocenters. The van der Waals surface area contributed by atoms with Gasteiger partial charge < -0.3 is 15.0 Å². The Morgan fingerprint density at radius 2 is 1.94 bits per heavy atom. The smallest absolute Gasteiger partial charge is 0.270 e. The Hall–Kier alpha value is -2.79. The number of amides is 1. The molecule has 1 aromatic heterocycles. The summed E-state index contributed by atoms with van der Waals surface area (Å²) in [6.07, 6.45) is 6.39. The SMILES string of the molecule is CCCN(CC1CCN(C(=O)c2cc3ccccc3[nH]2)CC1)C1CCc2c(O)cccc2C1. The van der Waals surface area contributed by atoms with E-state index in [1.165, 1.54) is 5.56 Å². The van der Waals surface area contributed by atoms with Crippen LogP contribution in [0.2, 0.25) is 0 Å². The van der Waals surface area contributed by atoms with E-state index in [9.17, 15) is 9.90 Å². The Morgan fingerprint density at radius 1 is 1.12 bits per heavy atom. The van der Waals surface area contributed by atoms with E-state index in [2.05, 4.69) is 22.9 Å². The van der Waals surface area contributed by atoms with E-state index in [1.54, 1.807) is 0 Å². The zero-order valence-electron chi connectivity index (χ0n) is 19.6. The number of benzene rings is 2. The molecule has 0 bridgehead atoms. The van der Waals surface area contributed by atoms with Gasteiger partial charge in [-0.15, -0.1) is 0 Å². The first-order valence-corrected chi connectivity index (χ1v) is 12.5. The zero-order chi connectivity index (χ0) is 22.8. The van der Waals surface area contributed by atoms with Gasteiger partial charge in [-0.3, -0.25) is 9.69 Å². The Morgan fingerprint density at radius 3 is 2.73 bits per heavy atom. The van der Waals surface area contributed by atoms with E-state index in [1.807, 2.05) is 47.4 Å². The van der Waals surface area contributed by atoms with Crippen LogP contribution in [0, 0.1) is 5.92 Å². The normalized spacial score (nSPS) is 19.2. The Labute approximate surface area is 196 Å². The molecule has 5 heteroatoms. The number of aromatic hydroxyl groups is 1. The molecule has 3 aromatic rings. The number of likely N-dealkylation sites (tertiary alicyclic amines) is 1. The minimum Gasteiger partial charge on any atom is -0.508 e. The molecule has 1 unspecified atom stereocenters. The van der Waals surface area contributed by atoms with Crippen LogP contribution >= 0.6 is 0 Å². The summed E-state index contributed by atoms with van der Waals surface area (Å²) in [5, 5.41) is 11.3. The Bertz CT molecular complexity index is 1080. The molecule has 2 aliphatic rings. The van der Waals surface area contributed by atoms with Gasteiger partial charge in [-0.2, -0.15) is 0 Å². The number of piperidine rings is 1. The van der Waals surface area contributed by atoms with Crippen LogP contribution in [0.3, 0.4) is 0 Å². The molecule has 1 saturated heterocycles. The summed E-state index contributed by atoms with van der Waals surface area (Å²) in [7, 11) is 0. The molecule has 0 spiro atoms. The van der Waals surface area contributed by atoms with Crippen LogP contribution in [0.15, 0.2) is 48.5 Å². The van der Waals surface area contributed by atoms with Crippen molar-refractivity contribution in [3.63, 3.8) is 0 Å². The highest BCUT2D eigenvalue weighted by atomic mass is 16.3. The fourth-order valence-electron chi connectivity index (χ4n) is 5.80. The van der Waals surface area contributed by atoms with Gasteiger partial charge in [-0.05, 0) is 80.3 Å². The predicted octanol–water partition coefficient (Wildman–Crippen LogP) is 5.00. The minimum absolute atomic E-state index is 0.124. The average Bonchev–Trinajstić information content (AvgIpc) is 3.28. The number of phenols is 1. The number of nitrogens with one attached hydrogen (secondary N) is 1. The van der Waals surface area contributed by atoms with Gasteiger partial charge in [0.1, 0.15) is 11.4 Å². The Kier molecular flexibility index (Phi) is 6.41. The van der Waals surface area contributed by atoms with Gasteiger partial charge in [0.2, 0.25) is 0 Å². The van der Waals surface area contributed by atoms with Crippen LogP contribution in [-0.4, -0.2) is 58.0 Å². The number of H-pyrrole nitrogens is 1. The second-order valence-corrected chi connectivity index (χ2v) is 9.81. The van der Waals surface area contributed by atoms with E-state index < -0.39 is 0 Å².